The fraction of sp³-hybridized carbons (Fsp3) is 0.190. The molecule has 8 heteroatoms. The topological polar surface area (TPSA) is 55.8 Å². The van der Waals surface area contributed by atoms with Crippen molar-refractivity contribution in [2.45, 2.75) is 13.8 Å². The maximum Gasteiger partial charge on any atom is 0.343 e. The summed E-state index contributed by atoms with van der Waals surface area (Å²) in [6.07, 6.45) is 1.79. The van der Waals surface area contributed by atoms with E-state index in [9.17, 15) is 9.59 Å². The van der Waals surface area contributed by atoms with Gasteiger partial charge in [0.2, 0.25) is 0 Å². The van der Waals surface area contributed by atoms with Crippen molar-refractivity contribution in [3.8, 4) is 5.75 Å². The van der Waals surface area contributed by atoms with Gasteiger partial charge in [0, 0.05) is 0 Å². The van der Waals surface area contributed by atoms with Crippen molar-refractivity contribution < 1.29 is 19.1 Å². The quantitative estimate of drug-likeness (QED) is 0.332. The van der Waals surface area contributed by atoms with Gasteiger partial charge in [-0.3, -0.25) is 9.69 Å². The zero-order valence-corrected chi connectivity index (χ0v) is 19.2. The van der Waals surface area contributed by atoms with Gasteiger partial charge in [-0.05, 0) is 76.8 Å². The first-order valence-electron chi connectivity index (χ1n) is 8.64. The predicted molar refractivity (Wildman–Crippen MR) is 123 cm³/mol. The molecule has 1 heterocycles. The minimum Gasteiger partial charge on any atom is -0.481 e. The monoisotopic (exact) mass is 491 g/mol. The van der Waals surface area contributed by atoms with Crippen LogP contribution in [0.5, 0.6) is 5.75 Å². The summed E-state index contributed by atoms with van der Waals surface area (Å²) < 4.78 is 11.1. The van der Waals surface area contributed by atoms with Gasteiger partial charge in [-0.15, -0.1) is 0 Å². The molecule has 1 aliphatic heterocycles. The van der Waals surface area contributed by atoms with Crippen LogP contribution in [0.2, 0.25) is 0 Å². The highest BCUT2D eigenvalue weighted by Gasteiger charge is 2.33. The third kappa shape index (κ3) is 4.88. The molecule has 3 rings (SSSR count). The minimum absolute atomic E-state index is 0.148. The number of nitrogens with zero attached hydrogens (tertiary/aromatic N) is 1. The summed E-state index contributed by atoms with van der Waals surface area (Å²) in [5.74, 6) is -0.100. The van der Waals surface area contributed by atoms with Crippen molar-refractivity contribution in [2.24, 2.45) is 0 Å². The molecule has 2 aromatic carbocycles. The van der Waals surface area contributed by atoms with Crippen LogP contribution in [0.15, 0.2) is 45.8 Å². The number of amides is 1. The Morgan fingerprint density at radius 3 is 2.62 bits per heavy atom. The van der Waals surface area contributed by atoms with Gasteiger partial charge in [-0.1, -0.05) is 36.1 Å². The van der Waals surface area contributed by atoms with Crippen LogP contribution in [-0.4, -0.2) is 29.9 Å². The van der Waals surface area contributed by atoms with Gasteiger partial charge in [0.25, 0.3) is 5.91 Å². The molecule has 0 aromatic heterocycles. The first-order chi connectivity index (χ1) is 13.8. The molecule has 1 aliphatic rings. The summed E-state index contributed by atoms with van der Waals surface area (Å²) in [5, 5.41) is 0. The van der Waals surface area contributed by atoms with E-state index in [0.717, 1.165) is 22.4 Å². The largest absolute Gasteiger partial charge is 0.481 e. The summed E-state index contributed by atoms with van der Waals surface area (Å²) in [5.41, 5.74) is 3.84. The number of carbonyl (C=O) groups is 2. The lowest BCUT2D eigenvalue weighted by Gasteiger charge is -2.15. The molecule has 0 bridgehead atoms. The molecule has 0 atom stereocenters. The van der Waals surface area contributed by atoms with Gasteiger partial charge in [0.05, 0.1) is 22.2 Å². The van der Waals surface area contributed by atoms with Gasteiger partial charge in [-0.25, -0.2) is 4.79 Å². The zero-order valence-electron chi connectivity index (χ0n) is 16.0. The SMILES string of the molecule is COC(=O)COc1ccc(C=C2SC(=S)N(c3ccc(C)c(C)c3)C2=O)cc1Br. The Morgan fingerprint density at radius 1 is 1.21 bits per heavy atom. The number of anilines is 1. The zero-order chi connectivity index (χ0) is 21.1. The number of ether oxygens (including phenoxy) is 2. The molecule has 150 valence electrons. The first-order valence-corrected chi connectivity index (χ1v) is 10.7. The summed E-state index contributed by atoms with van der Waals surface area (Å²) in [7, 11) is 1.30. The molecule has 29 heavy (non-hydrogen) atoms. The van der Waals surface area contributed by atoms with E-state index in [1.807, 2.05) is 38.1 Å². The van der Waals surface area contributed by atoms with Gasteiger partial charge < -0.3 is 9.47 Å². The molecule has 0 saturated carbocycles. The van der Waals surface area contributed by atoms with Crippen LogP contribution in [0.1, 0.15) is 16.7 Å². The standard InChI is InChI=1S/C21H18BrNO4S2/c1-12-4-6-15(8-13(12)2)23-20(25)18(29-21(23)28)10-14-5-7-17(16(22)9-14)27-11-19(24)26-3/h4-10H,11H2,1-3H3. The van der Waals surface area contributed by atoms with Gasteiger partial charge in [0.15, 0.2) is 10.9 Å². The summed E-state index contributed by atoms with van der Waals surface area (Å²) in [6, 6.07) is 11.2. The summed E-state index contributed by atoms with van der Waals surface area (Å²) >= 11 is 10.1. The lowest BCUT2D eigenvalue weighted by Crippen LogP contribution is -2.27. The number of benzene rings is 2. The number of halogens is 1. The van der Waals surface area contributed by atoms with Crippen LogP contribution in [-0.2, 0) is 14.3 Å². The first kappa shape index (κ1) is 21.5. The highest BCUT2D eigenvalue weighted by Crippen LogP contribution is 2.37. The number of hydrogen-bond acceptors (Lipinski definition) is 6. The van der Waals surface area contributed by atoms with Crippen LogP contribution >= 0.6 is 39.9 Å². The fourth-order valence-corrected chi connectivity index (χ4v) is 4.44. The van der Waals surface area contributed by atoms with E-state index in [2.05, 4.69) is 20.7 Å². The van der Waals surface area contributed by atoms with Crippen LogP contribution in [0.3, 0.4) is 0 Å². The molecule has 1 fully saturated rings. The second-order valence-corrected chi connectivity index (χ2v) is 8.87. The molecule has 0 unspecified atom stereocenters. The lowest BCUT2D eigenvalue weighted by molar-refractivity contribution is -0.142. The normalized spacial score (nSPS) is 15.2. The number of rotatable bonds is 5. The second kappa shape index (κ2) is 9.11. The Morgan fingerprint density at radius 2 is 1.97 bits per heavy atom. The maximum absolute atomic E-state index is 12.9. The fourth-order valence-electron chi connectivity index (χ4n) is 2.63. The number of methoxy groups -OCH3 is 1. The van der Waals surface area contributed by atoms with Crippen molar-refractivity contribution in [1.82, 2.24) is 0 Å². The van der Waals surface area contributed by atoms with Crippen molar-refractivity contribution in [3.05, 3.63) is 62.5 Å². The highest BCUT2D eigenvalue weighted by molar-refractivity contribution is 9.10. The number of carbonyl (C=O) groups excluding carboxylic acids is 2. The molecule has 0 aliphatic carbocycles. The van der Waals surface area contributed by atoms with E-state index in [1.54, 1.807) is 23.1 Å². The van der Waals surface area contributed by atoms with E-state index in [0.29, 0.717) is 19.4 Å². The second-order valence-electron chi connectivity index (χ2n) is 6.34. The Kier molecular flexibility index (Phi) is 6.77. The minimum atomic E-state index is -0.462. The predicted octanol–water partition coefficient (Wildman–Crippen LogP) is 5.02. The molecule has 2 aromatic rings. The third-order valence-electron chi connectivity index (χ3n) is 4.37. The summed E-state index contributed by atoms with van der Waals surface area (Å²) in [6.45, 7) is 3.86. The molecule has 1 amide bonds. The molecule has 5 nitrogen and oxygen atoms in total. The Hall–Kier alpha value is -2.16. The smallest absolute Gasteiger partial charge is 0.343 e. The molecule has 0 radical (unpaired) electrons. The summed E-state index contributed by atoms with van der Waals surface area (Å²) in [4.78, 5) is 26.3. The van der Waals surface area contributed by atoms with E-state index in [1.165, 1.54) is 18.9 Å². The molecule has 0 spiro atoms. The third-order valence-corrected chi connectivity index (χ3v) is 6.29. The van der Waals surface area contributed by atoms with Gasteiger partial charge >= 0.3 is 5.97 Å². The number of aryl methyl sites for hydroxylation is 2. The van der Waals surface area contributed by atoms with Crippen molar-refractivity contribution in [3.63, 3.8) is 0 Å². The number of thiocarbonyl (C=S) groups is 1. The Bertz CT molecular complexity index is 1040. The maximum atomic E-state index is 12.9. The van der Waals surface area contributed by atoms with Crippen LogP contribution in [0.25, 0.3) is 6.08 Å². The van der Waals surface area contributed by atoms with E-state index >= 15 is 0 Å². The van der Waals surface area contributed by atoms with Crippen molar-refractivity contribution >= 4 is 67.9 Å². The van der Waals surface area contributed by atoms with Crippen LogP contribution in [0.4, 0.5) is 5.69 Å². The van der Waals surface area contributed by atoms with Crippen LogP contribution < -0.4 is 9.64 Å². The Balaban J connectivity index is 1.81. The number of thioether (sulfide) groups is 1. The number of esters is 1. The average molecular weight is 492 g/mol. The van der Waals surface area contributed by atoms with Gasteiger partial charge in [-0.2, -0.15) is 0 Å². The molecular formula is C21H18BrNO4S2. The van der Waals surface area contributed by atoms with Crippen molar-refractivity contribution in [2.75, 3.05) is 18.6 Å². The average Bonchev–Trinajstić information content (AvgIpc) is 2.96. The highest BCUT2D eigenvalue weighted by atomic mass is 79.9. The molecular weight excluding hydrogens is 474 g/mol. The van der Waals surface area contributed by atoms with Gasteiger partial charge in [0.1, 0.15) is 5.75 Å². The lowest BCUT2D eigenvalue weighted by atomic mass is 10.1. The Labute approximate surface area is 187 Å². The van der Waals surface area contributed by atoms with E-state index in [4.69, 9.17) is 17.0 Å². The van der Waals surface area contributed by atoms with Crippen molar-refractivity contribution in [1.29, 1.82) is 0 Å². The number of hydrogen-bond donors (Lipinski definition) is 0. The van der Waals surface area contributed by atoms with E-state index in [-0.39, 0.29) is 12.5 Å². The molecule has 1 saturated heterocycles. The molecule has 0 N–H and O–H groups in total. The van der Waals surface area contributed by atoms with E-state index < -0.39 is 5.97 Å². The van der Waals surface area contributed by atoms with Crippen LogP contribution in [0, 0.1) is 13.8 Å².